The van der Waals surface area contributed by atoms with Gasteiger partial charge in [-0.15, -0.1) is 0 Å². The number of nitrogens with zero attached hydrogens (tertiary/aromatic N) is 3. The van der Waals surface area contributed by atoms with Crippen molar-refractivity contribution < 1.29 is 13.9 Å². The number of rotatable bonds is 5. The molecule has 1 atom stereocenters. The van der Waals surface area contributed by atoms with Crippen LogP contribution in [-0.2, 0) is 13.7 Å². The predicted octanol–water partition coefficient (Wildman–Crippen LogP) is 2.92. The van der Waals surface area contributed by atoms with Crippen LogP contribution in [-0.4, -0.2) is 40.0 Å². The van der Waals surface area contributed by atoms with Crippen molar-refractivity contribution >= 4 is 5.91 Å². The van der Waals surface area contributed by atoms with Gasteiger partial charge in [0.15, 0.2) is 0 Å². The van der Waals surface area contributed by atoms with Crippen molar-refractivity contribution in [3.8, 4) is 5.75 Å². The quantitative estimate of drug-likeness (QED) is 0.723. The van der Waals surface area contributed by atoms with Crippen LogP contribution >= 0.6 is 0 Å². The van der Waals surface area contributed by atoms with Crippen molar-refractivity contribution in [2.45, 2.75) is 12.6 Å². The van der Waals surface area contributed by atoms with E-state index in [2.05, 4.69) is 10.3 Å². The topological polar surface area (TPSA) is 59.4 Å². The molecule has 6 nitrogen and oxygen atoms in total. The number of aryl methyl sites for hydroxylation is 1. The fourth-order valence-electron chi connectivity index (χ4n) is 3.56. The average molecular weight is 394 g/mol. The van der Waals surface area contributed by atoms with E-state index in [4.69, 9.17) is 4.74 Å². The highest BCUT2D eigenvalue weighted by Crippen LogP contribution is 2.23. The Balaban J connectivity index is 1.50. The number of hydrogen-bond acceptors (Lipinski definition) is 4. The fraction of sp³-hybridized carbons (Fsp3) is 0.273. The Hall–Kier alpha value is -3.19. The molecule has 4 rings (SSSR count). The Morgan fingerprint density at radius 3 is 2.93 bits per heavy atom. The molecule has 150 valence electrons. The number of halogens is 1. The molecule has 1 aromatic heterocycles. The van der Waals surface area contributed by atoms with Crippen molar-refractivity contribution in [1.29, 1.82) is 0 Å². The molecule has 1 aliphatic heterocycles. The second-order valence-electron chi connectivity index (χ2n) is 7.06. The number of imidazole rings is 1. The highest BCUT2D eigenvalue weighted by atomic mass is 19.1. The van der Waals surface area contributed by atoms with E-state index in [-0.39, 0.29) is 24.4 Å². The lowest BCUT2D eigenvalue weighted by Crippen LogP contribution is -2.49. The number of carbonyl (C=O) groups excluding carboxylic acids is 1. The predicted molar refractivity (Wildman–Crippen MR) is 107 cm³/mol. The van der Waals surface area contributed by atoms with Crippen LogP contribution < -0.4 is 10.1 Å². The van der Waals surface area contributed by atoms with Crippen LogP contribution in [0.2, 0.25) is 0 Å². The van der Waals surface area contributed by atoms with Crippen LogP contribution in [0, 0.1) is 5.82 Å². The number of aromatic nitrogens is 2. The minimum atomic E-state index is -0.342. The van der Waals surface area contributed by atoms with E-state index in [0.717, 1.165) is 17.9 Å². The minimum Gasteiger partial charge on any atom is -0.489 e. The van der Waals surface area contributed by atoms with Crippen LogP contribution in [0.5, 0.6) is 5.75 Å². The number of ether oxygens (including phenoxy) is 1. The molecule has 0 bridgehead atoms. The highest BCUT2D eigenvalue weighted by molar-refractivity contribution is 5.94. The summed E-state index contributed by atoms with van der Waals surface area (Å²) in [5.74, 6) is 0.937. The van der Waals surface area contributed by atoms with Gasteiger partial charge >= 0.3 is 0 Å². The lowest BCUT2D eigenvalue weighted by molar-refractivity contribution is 0.0620. The van der Waals surface area contributed by atoms with E-state index in [1.165, 1.54) is 12.1 Å². The standard InChI is InChI=1S/C22H23FN4O2/c1-26-10-9-25-21(26)20-14-24-8-11-27(20)22(28)17-5-2-4-16(12-17)15-29-19-7-3-6-18(23)13-19/h2-7,9-10,12-13,20,24H,8,11,14-15H2,1H3. The minimum absolute atomic E-state index is 0.0351. The van der Waals surface area contributed by atoms with Gasteiger partial charge in [0, 0.05) is 50.7 Å². The highest BCUT2D eigenvalue weighted by Gasteiger charge is 2.31. The normalized spacial score (nSPS) is 16.6. The van der Waals surface area contributed by atoms with Crippen molar-refractivity contribution in [1.82, 2.24) is 19.8 Å². The molecular formula is C22H23FN4O2. The van der Waals surface area contributed by atoms with Gasteiger partial charge in [0.05, 0.1) is 0 Å². The van der Waals surface area contributed by atoms with E-state index in [0.29, 0.717) is 24.4 Å². The van der Waals surface area contributed by atoms with Gasteiger partial charge in [0.2, 0.25) is 0 Å². The third-order valence-corrected chi connectivity index (χ3v) is 5.04. The smallest absolute Gasteiger partial charge is 0.254 e. The van der Waals surface area contributed by atoms with E-state index >= 15 is 0 Å². The third kappa shape index (κ3) is 4.30. The summed E-state index contributed by atoms with van der Waals surface area (Å²) in [6, 6.07) is 13.3. The van der Waals surface area contributed by atoms with Crippen LogP contribution in [0.15, 0.2) is 60.9 Å². The number of piperazine rings is 1. The summed E-state index contributed by atoms with van der Waals surface area (Å²) in [4.78, 5) is 19.6. The third-order valence-electron chi connectivity index (χ3n) is 5.04. The SMILES string of the molecule is Cn1ccnc1C1CNCCN1C(=O)c1cccc(COc2cccc(F)c2)c1. The zero-order valence-electron chi connectivity index (χ0n) is 16.2. The van der Waals surface area contributed by atoms with Crippen molar-refractivity contribution in [2.75, 3.05) is 19.6 Å². The molecule has 1 fully saturated rings. The van der Waals surface area contributed by atoms with Gasteiger partial charge in [-0.3, -0.25) is 4.79 Å². The Bertz CT molecular complexity index is 1000. The Kier molecular flexibility index (Phi) is 5.57. The molecule has 1 aliphatic rings. The maximum absolute atomic E-state index is 13.3. The molecule has 2 aromatic carbocycles. The van der Waals surface area contributed by atoms with Crippen LogP contribution in [0.1, 0.15) is 27.8 Å². The van der Waals surface area contributed by atoms with Gasteiger partial charge < -0.3 is 19.5 Å². The zero-order valence-corrected chi connectivity index (χ0v) is 16.2. The van der Waals surface area contributed by atoms with Crippen LogP contribution in [0.25, 0.3) is 0 Å². The van der Waals surface area contributed by atoms with E-state index in [1.807, 2.05) is 47.0 Å². The molecule has 0 radical (unpaired) electrons. The van der Waals surface area contributed by atoms with Gasteiger partial charge in [0.25, 0.3) is 5.91 Å². The summed E-state index contributed by atoms with van der Waals surface area (Å²) in [6.45, 7) is 2.28. The Morgan fingerprint density at radius 1 is 1.28 bits per heavy atom. The zero-order chi connectivity index (χ0) is 20.2. The molecule has 3 aromatic rings. The molecule has 0 spiro atoms. The number of hydrogen-bond donors (Lipinski definition) is 1. The largest absolute Gasteiger partial charge is 0.489 e. The Morgan fingerprint density at radius 2 is 2.14 bits per heavy atom. The Labute approximate surface area is 168 Å². The van der Waals surface area contributed by atoms with Gasteiger partial charge in [-0.1, -0.05) is 18.2 Å². The number of amides is 1. The summed E-state index contributed by atoms with van der Waals surface area (Å²) < 4.78 is 20.9. The molecule has 2 heterocycles. The monoisotopic (exact) mass is 394 g/mol. The first kappa shape index (κ1) is 19.1. The summed E-state index contributed by atoms with van der Waals surface area (Å²) in [6.07, 6.45) is 3.63. The fourth-order valence-corrected chi connectivity index (χ4v) is 3.56. The maximum Gasteiger partial charge on any atom is 0.254 e. The van der Waals surface area contributed by atoms with Crippen LogP contribution in [0.4, 0.5) is 4.39 Å². The van der Waals surface area contributed by atoms with Crippen molar-refractivity contribution in [2.24, 2.45) is 7.05 Å². The first-order valence-corrected chi connectivity index (χ1v) is 9.58. The van der Waals surface area contributed by atoms with E-state index < -0.39 is 0 Å². The number of carbonyl (C=O) groups is 1. The van der Waals surface area contributed by atoms with E-state index in [1.54, 1.807) is 18.3 Å². The average Bonchev–Trinajstić information content (AvgIpc) is 3.18. The molecule has 29 heavy (non-hydrogen) atoms. The molecule has 0 aliphatic carbocycles. The molecule has 1 saturated heterocycles. The lowest BCUT2D eigenvalue weighted by Gasteiger charge is -2.35. The van der Waals surface area contributed by atoms with Gasteiger partial charge in [-0.2, -0.15) is 0 Å². The lowest BCUT2D eigenvalue weighted by atomic mass is 10.1. The van der Waals surface area contributed by atoms with Crippen LogP contribution in [0.3, 0.4) is 0 Å². The maximum atomic E-state index is 13.3. The second-order valence-corrected chi connectivity index (χ2v) is 7.06. The van der Waals surface area contributed by atoms with Gasteiger partial charge in [0.1, 0.15) is 30.0 Å². The first-order chi connectivity index (χ1) is 14.1. The molecular weight excluding hydrogens is 371 g/mol. The summed E-state index contributed by atoms with van der Waals surface area (Å²) in [5, 5.41) is 3.34. The molecule has 1 N–H and O–H groups in total. The summed E-state index contributed by atoms with van der Waals surface area (Å²) in [7, 11) is 1.93. The summed E-state index contributed by atoms with van der Waals surface area (Å²) >= 11 is 0. The molecule has 1 amide bonds. The summed E-state index contributed by atoms with van der Waals surface area (Å²) in [5.41, 5.74) is 1.45. The van der Waals surface area contributed by atoms with Crippen molar-refractivity contribution in [3.05, 3.63) is 83.7 Å². The van der Waals surface area contributed by atoms with Gasteiger partial charge in [-0.25, -0.2) is 9.37 Å². The molecule has 1 unspecified atom stereocenters. The van der Waals surface area contributed by atoms with Gasteiger partial charge in [-0.05, 0) is 29.8 Å². The molecule has 7 heteroatoms. The second kappa shape index (κ2) is 8.45. The number of nitrogens with one attached hydrogen (secondary N) is 1. The first-order valence-electron chi connectivity index (χ1n) is 9.58. The molecule has 0 saturated carbocycles. The van der Waals surface area contributed by atoms with Crippen molar-refractivity contribution in [3.63, 3.8) is 0 Å². The van der Waals surface area contributed by atoms with E-state index in [9.17, 15) is 9.18 Å². The number of benzene rings is 2.